The van der Waals surface area contributed by atoms with Gasteiger partial charge in [-0.2, -0.15) is 0 Å². The SMILES string of the molecule is CCC(=O)N(Cc1ccc(Cl)c(Cl)c1)[C@@H](CC)C(=O)NC(C)(C)C. The van der Waals surface area contributed by atoms with Crippen molar-refractivity contribution in [3.05, 3.63) is 33.8 Å². The third-order valence-corrected chi connectivity index (χ3v) is 4.26. The lowest BCUT2D eigenvalue weighted by molar-refractivity contribution is -0.141. The fourth-order valence-corrected chi connectivity index (χ4v) is 2.73. The largest absolute Gasteiger partial charge is 0.350 e. The van der Waals surface area contributed by atoms with Crippen LogP contribution in [0.4, 0.5) is 0 Å². The first-order valence-electron chi connectivity index (χ1n) is 8.14. The van der Waals surface area contributed by atoms with Gasteiger partial charge in [0.05, 0.1) is 10.0 Å². The van der Waals surface area contributed by atoms with E-state index in [-0.39, 0.29) is 17.4 Å². The van der Waals surface area contributed by atoms with Crippen molar-refractivity contribution in [2.45, 2.75) is 65.6 Å². The van der Waals surface area contributed by atoms with E-state index in [1.165, 1.54) is 0 Å². The molecule has 0 aliphatic carbocycles. The molecule has 1 aromatic rings. The van der Waals surface area contributed by atoms with Gasteiger partial charge < -0.3 is 10.2 Å². The Bertz CT molecular complexity index is 597. The maximum absolute atomic E-state index is 12.6. The van der Waals surface area contributed by atoms with Gasteiger partial charge in [0.25, 0.3) is 0 Å². The van der Waals surface area contributed by atoms with Crippen molar-refractivity contribution in [3.8, 4) is 0 Å². The topological polar surface area (TPSA) is 49.4 Å². The summed E-state index contributed by atoms with van der Waals surface area (Å²) in [6.07, 6.45) is 0.871. The molecule has 1 atom stereocenters. The van der Waals surface area contributed by atoms with Crippen LogP contribution in [0.1, 0.15) is 53.0 Å². The fraction of sp³-hybridized carbons (Fsp3) is 0.556. The lowest BCUT2D eigenvalue weighted by atomic mass is 10.1. The van der Waals surface area contributed by atoms with E-state index in [9.17, 15) is 9.59 Å². The number of amides is 2. The van der Waals surface area contributed by atoms with Gasteiger partial charge in [-0.15, -0.1) is 0 Å². The molecule has 1 rings (SSSR count). The molecule has 0 spiro atoms. The van der Waals surface area contributed by atoms with E-state index in [1.54, 1.807) is 24.0 Å². The summed E-state index contributed by atoms with van der Waals surface area (Å²) in [5.74, 6) is -0.219. The van der Waals surface area contributed by atoms with Crippen LogP contribution in [0.3, 0.4) is 0 Å². The molecule has 24 heavy (non-hydrogen) atoms. The maximum atomic E-state index is 12.6. The number of carbonyl (C=O) groups is 2. The quantitative estimate of drug-likeness (QED) is 0.802. The van der Waals surface area contributed by atoms with E-state index in [2.05, 4.69) is 5.32 Å². The second kappa shape index (κ2) is 8.72. The Morgan fingerprint density at radius 1 is 1.17 bits per heavy atom. The minimum atomic E-state index is -0.522. The summed E-state index contributed by atoms with van der Waals surface area (Å²) in [5, 5.41) is 3.86. The van der Waals surface area contributed by atoms with Crippen molar-refractivity contribution < 1.29 is 9.59 Å². The molecular weight excluding hydrogens is 347 g/mol. The summed E-state index contributed by atoms with van der Waals surface area (Å²) in [4.78, 5) is 26.6. The van der Waals surface area contributed by atoms with E-state index >= 15 is 0 Å². The minimum Gasteiger partial charge on any atom is -0.350 e. The van der Waals surface area contributed by atoms with E-state index in [0.717, 1.165) is 5.56 Å². The second-order valence-corrected chi connectivity index (χ2v) is 7.60. The molecule has 0 saturated heterocycles. The molecule has 134 valence electrons. The Morgan fingerprint density at radius 3 is 2.25 bits per heavy atom. The molecular formula is C18H26Cl2N2O2. The van der Waals surface area contributed by atoms with Crippen molar-refractivity contribution in [3.63, 3.8) is 0 Å². The zero-order chi connectivity index (χ0) is 18.5. The summed E-state index contributed by atoms with van der Waals surface area (Å²) >= 11 is 12.0. The molecule has 1 N–H and O–H groups in total. The number of hydrogen-bond acceptors (Lipinski definition) is 2. The van der Waals surface area contributed by atoms with Gasteiger partial charge in [0.2, 0.25) is 11.8 Å². The van der Waals surface area contributed by atoms with Crippen molar-refractivity contribution in [2.24, 2.45) is 0 Å². The zero-order valence-electron chi connectivity index (χ0n) is 15.0. The summed E-state index contributed by atoms with van der Waals surface area (Å²) in [6, 6.07) is 4.72. The normalized spacial score (nSPS) is 12.6. The third-order valence-electron chi connectivity index (χ3n) is 3.52. The molecule has 0 aliphatic heterocycles. The maximum Gasteiger partial charge on any atom is 0.243 e. The van der Waals surface area contributed by atoms with Crippen molar-refractivity contribution in [2.75, 3.05) is 0 Å². The van der Waals surface area contributed by atoms with Crippen LogP contribution in [0.25, 0.3) is 0 Å². The Morgan fingerprint density at radius 2 is 1.79 bits per heavy atom. The average molecular weight is 373 g/mol. The van der Waals surface area contributed by atoms with Gasteiger partial charge in [-0.05, 0) is 44.9 Å². The van der Waals surface area contributed by atoms with Crippen molar-refractivity contribution >= 4 is 35.0 Å². The van der Waals surface area contributed by atoms with E-state index in [0.29, 0.717) is 29.4 Å². The first kappa shape index (κ1) is 20.8. The van der Waals surface area contributed by atoms with Crippen LogP contribution < -0.4 is 5.32 Å². The summed E-state index contributed by atoms with van der Waals surface area (Å²) in [6.45, 7) is 9.77. The smallest absolute Gasteiger partial charge is 0.243 e. The Balaban J connectivity index is 3.07. The van der Waals surface area contributed by atoms with Crippen LogP contribution in [0, 0.1) is 0 Å². The Kier molecular flexibility index (Phi) is 7.56. The third kappa shape index (κ3) is 5.99. The predicted molar refractivity (Wildman–Crippen MR) is 99.3 cm³/mol. The molecule has 0 radical (unpaired) electrons. The van der Waals surface area contributed by atoms with Crippen LogP contribution in [0.5, 0.6) is 0 Å². The van der Waals surface area contributed by atoms with Gasteiger partial charge in [0, 0.05) is 18.5 Å². The van der Waals surface area contributed by atoms with Gasteiger partial charge in [-0.25, -0.2) is 0 Å². The number of nitrogens with zero attached hydrogens (tertiary/aromatic N) is 1. The highest BCUT2D eigenvalue weighted by Crippen LogP contribution is 2.24. The Labute approximate surface area is 154 Å². The number of halogens is 2. The first-order chi connectivity index (χ1) is 11.1. The summed E-state index contributed by atoms with van der Waals surface area (Å²) < 4.78 is 0. The highest BCUT2D eigenvalue weighted by molar-refractivity contribution is 6.42. The number of hydrogen-bond donors (Lipinski definition) is 1. The number of carbonyl (C=O) groups excluding carboxylic acids is 2. The number of benzene rings is 1. The molecule has 1 aromatic carbocycles. The van der Waals surface area contributed by atoms with E-state index < -0.39 is 6.04 Å². The fourth-order valence-electron chi connectivity index (χ4n) is 2.41. The van der Waals surface area contributed by atoms with Crippen LogP contribution in [-0.4, -0.2) is 28.3 Å². The standard InChI is InChI=1S/C18H26Cl2N2O2/c1-6-15(17(24)21-18(3,4)5)22(16(23)7-2)11-12-8-9-13(19)14(20)10-12/h8-10,15H,6-7,11H2,1-5H3,(H,21,24)/t15-/m0/s1. The van der Waals surface area contributed by atoms with Crippen LogP contribution in [0.15, 0.2) is 18.2 Å². The average Bonchev–Trinajstić information content (AvgIpc) is 2.48. The van der Waals surface area contributed by atoms with Gasteiger partial charge in [-0.3, -0.25) is 9.59 Å². The molecule has 0 bridgehead atoms. The zero-order valence-corrected chi connectivity index (χ0v) is 16.5. The Hall–Kier alpha value is -1.26. The second-order valence-electron chi connectivity index (χ2n) is 6.79. The molecule has 0 unspecified atom stereocenters. The van der Waals surface area contributed by atoms with E-state index in [1.807, 2.05) is 33.8 Å². The monoisotopic (exact) mass is 372 g/mol. The van der Waals surface area contributed by atoms with Gasteiger partial charge in [-0.1, -0.05) is 43.1 Å². The molecule has 0 aromatic heterocycles. The predicted octanol–water partition coefficient (Wildman–Crippen LogP) is 4.43. The first-order valence-corrected chi connectivity index (χ1v) is 8.90. The minimum absolute atomic E-state index is 0.0722. The van der Waals surface area contributed by atoms with Crippen LogP contribution in [0.2, 0.25) is 10.0 Å². The highest BCUT2D eigenvalue weighted by Gasteiger charge is 2.29. The number of rotatable bonds is 6. The van der Waals surface area contributed by atoms with Crippen LogP contribution >= 0.6 is 23.2 Å². The molecule has 0 saturated carbocycles. The van der Waals surface area contributed by atoms with Gasteiger partial charge >= 0.3 is 0 Å². The number of nitrogens with one attached hydrogen (secondary N) is 1. The van der Waals surface area contributed by atoms with E-state index in [4.69, 9.17) is 23.2 Å². The molecule has 0 fully saturated rings. The van der Waals surface area contributed by atoms with Crippen molar-refractivity contribution in [1.82, 2.24) is 10.2 Å². The van der Waals surface area contributed by atoms with Gasteiger partial charge in [0.1, 0.15) is 6.04 Å². The molecule has 6 heteroatoms. The molecule has 2 amide bonds. The molecule has 0 heterocycles. The highest BCUT2D eigenvalue weighted by atomic mass is 35.5. The molecule has 0 aliphatic rings. The molecule has 4 nitrogen and oxygen atoms in total. The summed E-state index contributed by atoms with van der Waals surface area (Å²) in [7, 11) is 0. The van der Waals surface area contributed by atoms with Crippen molar-refractivity contribution in [1.29, 1.82) is 0 Å². The summed E-state index contributed by atoms with van der Waals surface area (Å²) in [5.41, 5.74) is 0.489. The lowest BCUT2D eigenvalue weighted by Gasteiger charge is -2.33. The lowest BCUT2D eigenvalue weighted by Crippen LogP contribution is -2.53. The van der Waals surface area contributed by atoms with Gasteiger partial charge in [0.15, 0.2) is 0 Å². The van der Waals surface area contributed by atoms with Crippen LogP contribution in [-0.2, 0) is 16.1 Å².